The Balaban J connectivity index is 1.25. The molecule has 1 aromatic heterocycles. The van der Waals surface area contributed by atoms with Crippen LogP contribution in [0.5, 0.6) is 28.7 Å². The van der Waals surface area contributed by atoms with Gasteiger partial charge in [0.15, 0.2) is 28.8 Å². The molecule has 3 N–H and O–H groups in total. The number of rotatable bonds is 4. The summed E-state index contributed by atoms with van der Waals surface area (Å²) in [6, 6.07) is 10.2. The number of methoxy groups -OCH3 is 1. The molecule has 59 heavy (non-hydrogen) atoms. The summed E-state index contributed by atoms with van der Waals surface area (Å²) in [7, 11) is 3.56. The minimum atomic E-state index is -1.19. The van der Waals surface area contributed by atoms with E-state index in [-0.39, 0.29) is 55.7 Å². The van der Waals surface area contributed by atoms with E-state index in [0.717, 1.165) is 39.7 Å². The van der Waals surface area contributed by atoms with E-state index in [9.17, 15) is 20.0 Å². The summed E-state index contributed by atoms with van der Waals surface area (Å²) in [6.07, 6.45) is 1.78. The van der Waals surface area contributed by atoms with Crippen LogP contribution in [0.15, 0.2) is 43.0 Å². The third kappa shape index (κ3) is 5.39. The summed E-state index contributed by atoms with van der Waals surface area (Å²) in [5, 5.41) is 27.6. The van der Waals surface area contributed by atoms with Gasteiger partial charge in [0.1, 0.15) is 30.5 Å². The molecule has 7 aliphatic heterocycles. The fraction of sp³-hybridized carbons (Fsp3) is 0.432. The highest BCUT2D eigenvalue weighted by Gasteiger charge is 2.61. The van der Waals surface area contributed by atoms with Crippen molar-refractivity contribution in [2.75, 3.05) is 53.1 Å². The first-order chi connectivity index (χ1) is 28.6. The van der Waals surface area contributed by atoms with Gasteiger partial charge in [0.25, 0.3) is 0 Å². The van der Waals surface area contributed by atoms with Gasteiger partial charge in [-0.25, -0.2) is 4.79 Å². The van der Waals surface area contributed by atoms with Crippen molar-refractivity contribution >= 4 is 34.6 Å². The Bertz CT molecular complexity index is 2500. The van der Waals surface area contributed by atoms with Crippen LogP contribution in [-0.2, 0) is 32.6 Å². The van der Waals surface area contributed by atoms with Crippen LogP contribution >= 0.6 is 11.8 Å². The molecule has 306 valence electrons. The van der Waals surface area contributed by atoms with Crippen molar-refractivity contribution in [3.8, 4) is 34.8 Å². The average Bonchev–Trinajstić information content (AvgIpc) is 3.87. The van der Waals surface area contributed by atoms with Gasteiger partial charge in [-0.2, -0.15) is 5.26 Å². The first-order valence-electron chi connectivity index (χ1n) is 19.9. The van der Waals surface area contributed by atoms with Crippen molar-refractivity contribution in [2.45, 2.75) is 67.7 Å². The molecule has 0 amide bonds. The molecule has 7 aliphatic rings. The zero-order valence-electron chi connectivity index (χ0n) is 33.3. The number of aromatic amines is 1. The first kappa shape index (κ1) is 38.0. The van der Waals surface area contributed by atoms with E-state index in [1.807, 2.05) is 39.1 Å². The number of carbonyl (C=O) groups is 2. The van der Waals surface area contributed by atoms with E-state index < -0.39 is 41.1 Å². The van der Waals surface area contributed by atoms with Gasteiger partial charge >= 0.3 is 6.16 Å². The predicted molar refractivity (Wildman–Crippen MR) is 217 cm³/mol. The highest BCUT2D eigenvalue weighted by atomic mass is 32.2. The number of phenols is 1. The van der Waals surface area contributed by atoms with Gasteiger partial charge in [0.2, 0.25) is 6.79 Å². The fourth-order valence-corrected chi connectivity index (χ4v) is 12.6. The van der Waals surface area contributed by atoms with E-state index in [2.05, 4.69) is 44.9 Å². The minimum Gasteiger partial charge on any atom is -0.504 e. The maximum atomic E-state index is 14.9. The van der Waals surface area contributed by atoms with Crippen LogP contribution in [0.25, 0.3) is 10.9 Å². The quantitative estimate of drug-likeness (QED) is 0.133. The number of nitrogens with one attached hydrogen (secondary N) is 2. The lowest BCUT2D eigenvalue weighted by atomic mass is 9.71. The molecular formula is C44H45N5O9S. The number of Topliss-reactive ketones (excluding diaryl/α,β-unsaturated/α-hetero) is 1. The Hall–Kier alpha value is -5.24. The summed E-state index contributed by atoms with van der Waals surface area (Å²) in [4.78, 5) is 36.5. The number of phenolic OH excluding ortho intramolecular Hbond substituents is 1. The topological polar surface area (TPSA) is 168 Å². The molecule has 3 aromatic carbocycles. The molecule has 1 spiro atoms. The number of H-pyrrole nitrogens is 1. The van der Waals surface area contributed by atoms with Gasteiger partial charge in [0, 0.05) is 63.2 Å². The van der Waals surface area contributed by atoms with Crippen LogP contribution in [0.4, 0.5) is 4.79 Å². The Kier molecular flexibility index (Phi) is 9.15. The van der Waals surface area contributed by atoms with Crippen LogP contribution in [0.2, 0.25) is 0 Å². The lowest BCUT2D eigenvalue weighted by Gasteiger charge is -2.61. The number of hydrogen-bond donors (Lipinski definition) is 3. The molecule has 4 aromatic rings. The molecule has 8 heterocycles. The lowest BCUT2D eigenvalue weighted by Crippen LogP contribution is -2.69. The number of thioether (sulfide) groups is 1. The Morgan fingerprint density at radius 1 is 1.19 bits per heavy atom. The molecule has 0 aliphatic carbocycles. The average molecular weight is 820 g/mol. The number of piperazine rings is 1. The van der Waals surface area contributed by atoms with Crippen molar-refractivity contribution in [3.05, 3.63) is 87.6 Å². The van der Waals surface area contributed by atoms with Crippen molar-refractivity contribution in [1.29, 1.82) is 5.26 Å². The van der Waals surface area contributed by atoms with E-state index in [0.29, 0.717) is 52.5 Å². The van der Waals surface area contributed by atoms with Gasteiger partial charge < -0.3 is 38.5 Å². The number of aromatic hydroxyl groups is 1. The standard InChI is InChI=1S/C44H45N5O9S/c1-6-13-55-43(52)58-38-22(3)39-40(57-20-56-39)32-29-17-54-18-30(50)44(42-25(11-12-46-44)24-9-7-8-10-26(24)47-42)19-59-41(33(32)38)35-34-31-23(14-21(2)37(53-5)36(31)51)15-27(48(34)4)28(16-45)49(29)35/h6-10,14,27-29,34-35,41,46-47,51H,1,11-13,15,17-20H2,2-5H3/t27-,28-,29+,34+,35?,41+,44-/m0/s1. The van der Waals surface area contributed by atoms with E-state index >= 15 is 0 Å². The van der Waals surface area contributed by atoms with Crippen molar-refractivity contribution < 1.29 is 43.1 Å². The Labute approximate surface area is 345 Å². The largest absolute Gasteiger partial charge is 0.514 e. The van der Waals surface area contributed by atoms with E-state index in [4.69, 9.17) is 28.4 Å². The molecule has 15 heteroatoms. The normalized spacial score (nSPS) is 28.2. The van der Waals surface area contributed by atoms with Crippen LogP contribution < -0.4 is 24.3 Å². The number of ether oxygens (including phenoxy) is 6. The summed E-state index contributed by atoms with van der Waals surface area (Å²) in [6.45, 7) is 7.65. The molecule has 2 saturated heterocycles. The predicted octanol–water partition coefficient (Wildman–Crippen LogP) is 5.57. The molecular weight excluding hydrogens is 775 g/mol. The maximum absolute atomic E-state index is 14.9. The number of fused-ring (bicyclic) bond motifs is 12. The van der Waals surface area contributed by atoms with Gasteiger partial charge in [-0.1, -0.05) is 36.9 Å². The smallest absolute Gasteiger partial charge is 0.504 e. The Morgan fingerprint density at radius 3 is 2.80 bits per heavy atom. The number of carbonyl (C=O) groups excluding carboxylic acids is 2. The van der Waals surface area contributed by atoms with E-state index in [1.165, 1.54) is 6.08 Å². The summed E-state index contributed by atoms with van der Waals surface area (Å²) >= 11 is 1.55. The third-order valence-electron chi connectivity index (χ3n) is 13.3. The number of nitrogens with zero attached hydrogens (tertiary/aromatic N) is 3. The molecule has 1 unspecified atom stereocenters. The molecule has 4 bridgehead atoms. The third-order valence-corrected chi connectivity index (χ3v) is 14.8. The number of aromatic nitrogens is 1. The molecule has 0 radical (unpaired) electrons. The number of likely N-dealkylation sites (N-methyl/N-ethyl adjacent to an activating group) is 1. The van der Waals surface area contributed by atoms with Gasteiger partial charge in [0.05, 0.1) is 37.1 Å². The van der Waals surface area contributed by atoms with Crippen molar-refractivity contribution in [3.63, 3.8) is 0 Å². The van der Waals surface area contributed by atoms with Gasteiger partial charge in [-0.15, -0.1) is 11.8 Å². The number of hydrogen-bond acceptors (Lipinski definition) is 14. The van der Waals surface area contributed by atoms with Crippen molar-refractivity contribution in [1.82, 2.24) is 20.1 Å². The monoisotopic (exact) mass is 819 g/mol. The second kappa shape index (κ2) is 14.2. The molecule has 2 fully saturated rings. The summed E-state index contributed by atoms with van der Waals surface area (Å²) in [5.41, 5.74) is 5.97. The highest BCUT2D eigenvalue weighted by molar-refractivity contribution is 7.99. The molecule has 0 saturated carbocycles. The number of para-hydroxylation sites is 1. The molecule has 14 nitrogen and oxygen atoms in total. The van der Waals surface area contributed by atoms with Crippen molar-refractivity contribution in [2.24, 2.45) is 0 Å². The summed E-state index contributed by atoms with van der Waals surface area (Å²) < 4.78 is 36.4. The SMILES string of the molecule is C=CCOC(=O)Oc1c(C)c2c(c3c1[C@H]1SC[C@]4(NCCc5c4[nH]c4ccccc54)C(=O)COC[C@H]3N3C1[C@H]1c4c(cc(C)c(OC)c4O)C[C@@H]([C@@H]3C#N)N1C)OCO2. The lowest BCUT2D eigenvalue weighted by molar-refractivity contribution is -0.132. The Morgan fingerprint density at radius 2 is 2.00 bits per heavy atom. The summed E-state index contributed by atoms with van der Waals surface area (Å²) in [5.74, 6) is 1.72. The fourth-order valence-electron chi connectivity index (χ4n) is 10.9. The highest BCUT2D eigenvalue weighted by Crippen LogP contribution is 2.64. The second-order valence-corrected chi connectivity index (χ2v) is 17.3. The van der Waals surface area contributed by atoms with Crippen LogP contribution in [-0.4, -0.2) is 103 Å². The first-order valence-corrected chi connectivity index (χ1v) is 21.0. The second-order valence-electron chi connectivity index (χ2n) is 16.1. The molecule has 11 rings (SSSR count). The zero-order chi connectivity index (χ0) is 40.9. The maximum Gasteiger partial charge on any atom is 0.514 e. The van der Waals surface area contributed by atoms with Crippen LogP contribution in [0.1, 0.15) is 62.0 Å². The molecule has 7 atom stereocenters. The number of aryl methyl sites for hydroxylation is 1. The van der Waals surface area contributed by atoms with Gasteiger partial charge in [-0.05, 0) is 56.5 Å². The number of ketones is 1. The van der Waals surface area contributed by atoms with E-state index in [1.54, 1.807) is 18.9 Å². The van der Waals surface area contributed by atoms with Crippen LogP contribution in [0.3, 0.4) is 0 Å². The van der Waals surface area contributed by atoms with Gasteiger partial charge in [-0.3, -0.25) is 19.9 Å². The minimum absolute atomic E-state index is 0.00112. The number of nitriles is 1. The number of benzene rings is 3. The zero-order valence-corrected chi connectivity index (χ0v) is 34.1. The van der Waals surface area contributed by atoms with Crippen LogP contribution in [0, 0.1) is 25.2 Å².